The molecule has 0 unspecified atom stereocenters. The molecule has 0 aliphatic rings. The molecule has 0 amide bonds. The summed E-state index contributed by atoms with van der Waals surface area (Å²) in [4.78, 5) is 10.3. The Bertz CT molecular complexity index is 535. The maximum absolute atomic E-state index is 10.3. The highest BCUT2D eigenvalue weighted by Crippen LogP contribution is 2.27. The van der Waals surface area contributed by atoms with E-state index in [9.17, 15) is 9.90 Å². The van der Waals surface area contributed by atoms with Crippen molar-refractivity contribution in [3.05, 3.63) is 48.0 Å². The van der Waals surface area contributed by atoms with Crippen LogP contribution < -0.4 is 16.2 Å². The minimum Gasteiger partial charge on any atom is -0.504 e. The van der Waals surface area contributed by atoms with Gasteiger partial charge in [0.1, 0.15) is 0 Å². The van der Waals surface area contributed by atoms with E-state index in [1.54, 1.807) is 24.3 Å². The molecular weight excluding hydrogens is 244 g/mol. The molecule has 5 heteroatoms. The Morgan fingerprint density at radius 2 is 1.63 bits per heavy atom. The van der Waals surface area contributed by atoms with Gasteiger partial charge in [-0.25, -0.2) is 0 Å². The van der Waals surface area contributed by atoms with E-state index < -0.39 is 0 Å². The Morgan fingerprint density at radius 1 is 1.05 bits per heavy atom. The summed E-state index contributed by atoms with van der Waals surface area (Å²) in [6, 6.07) is 12.0. The van der Waals surface area contributed by atoms with Gasteiger partial charge >= 0.3 is 0 Å². The molecule has 2 aromatic rings. The van der Waals surface area contributed by atoms with Gasteiger partial charge in [0.2, 0.25) is 0 Å². The van der Waals surface area contributed by atoms with Gasteiger partial charge in [-0.1, -0.05) is 18.2 Å². The van der Waals surface area contributed by atoms with Crippen LogP contribution in [0.5, 0.6) is 11.5 Å². The zero-order valence-electron chi connectivity index (χ0n) is 10.5. The van der Waals surface area contributed by atoms with Crippen molar-refractivity contribution in [1.82, 2.24) is 0 Å². The number of ether oxygens (including phenoxy) is 1. The summed E-state index contributed by atoms with van der Waals surface area (Å²) >= 11 is 0. The number of anilines is 2. The molecule has 0 saturated heterocycles. The maximum Gasteiger partial charge on any atom is 0.168 e. The number of carbonyl (C=O) groups excluding carboxylic acids is 1. The quantitative estimate of drug-likeness (QED) is 0.567. The largest absolute Gasteiger partial charge is 0.504 e. The first-order valence-electron chi connectivity index (χ1n) is 5.51. The van der Waals surface area contributed by atoms with E-state index in [4.69, 9.17) is 16.2 Å². The van der Waals surface area contributed by atoms with Crippen molar-refractivity contribution in [3.8, 4) is 11.5 Å². The highest BCUT2D eigenvalue weighted by atomic mass is 16.5. The molecule has 0 saturated carbocycles. The lowest BCUT2D eigenvalue weighted by atomic mass is 10.2. The van der Waals surface area contributed by atoms with Gasteiger partial charge in [0.25, 0.3) is 0 Å². The standard InChI is InChI=1S/C8H8O3.C6H8N2/c1-11-7-4-2-3-6(5-9)8(7)10;7-5-3-1-2-4-6(5)8/h2-5,10H,1H3;1-4H,7-8H2. The van der Waals surface area contributed by atoms with Gasteiger partial charge in [-0.3, -0.25) is 4.79 Å². The first kappa shape index (κ1) is 14.4. The van der Waals surface area contributed by atoms with Crippen LogP contribution in [0.3, 0.4) is 0 Å². The van der Waals surface area contributed by atoms with E-state index in [0.29, 0.717) is 23.4 Å². The molecule has 5 N–H and O–H groups in total. The first-order valence-corrected chi connectivity index (χ1v) is 5.51. The summed E-state index contributed by atoms with van der Waals surface area (Å²) in [5.41, 5.74) is 12.3. The molecule has 0 bridgehead atoms. The van der Waals surface area contributed by atoms with Crippen molar-refractivity contribution >= 4 is 17.7 Å². The van der Waals surface area contributed by atoms with Crippen LogP contribution in [-0.4, -0.2) is 18.5 Å². The second-order valence-electron chi connectivity index (χ2n) is 3.64. The van der Waals surface area contributed by atoms with Gasteiger partial charge < -0.3 is 21.3 Å². The number of phenolic OH excluding ortho intramolecular Hbond substituents is 1. The summed E-state index contributed by atoms with van der Waals surface area (Å²) in [6.07, 6.45) is 0.581. The fourth-order valence-electron chi connectivity index (χ4n) is 1.31. The van der Waals surface area contributed by atoms with Crippen LogP contribution in [0, 0.1) is 0 Å². The smallest absolute Gasteiger partial charge is 0.168 e. The second kappa shape index (κ2) is 6.90. The van der Waals surface area contributed by atoms with Crippen LogP contribution >= 0.6 is 0 Å². The molecule has 0 radical (unpaired) electrons. The van der Waals surface area contributed by atoms with Crippen molar-refractivity contribution < 1.29 is 14.6 Å². The van der Waals surface area contributed by atoms with Gasteiger partial charge in [0.05, 0.1) is 24.0 Å². The summed E-state index contributed by atoms with van der Waals surface area (Å²) in [7, 11) is 1.43. The number of nitrogen functional groups attached to an aromatic ring is 2. The third kappa shape index (κ3) is 3.92. The van der Waals surface area contributed by atoms with Crippen molar-refractivity contribution in [2.24, 2.45) is 0 Å². The Hall–Kier alpha value is -2.69. The number of aromatic hydroxyl groups is 1. The molecule has 19 heavy (non-hydrogen) atoms. The Balaban J connectivity index is 0.000000200. The summed E-state index contributed by atoms with van der Waals surface area (Å²) in [6.45, 7) is 0. The van der Waals surface area contributed by atoms with Gasteiger partial charge in [-0.05, 0) is 24.3 Å². The number of methoxy groups -OCH3 is 1. The number of para-hydroxylation sites is 3. The number of aldehydes is 1. The third-order valence-electron chi connectivity index (χ3n) is 2.37. The molecule has 0 heterocycles. The van der Waals surface area contributed by atoms with Gasteiger partial charge in [0, 0.05) is 0 Å². The molecule has 0 aliphatic heterocycles. The first-order chi connectivity index (χ1) is 9.10. The van der Waals surface area contributed by atoms with E-state index in [2.05, 4.69) is 0 Å². The number of rotatable bonds is 2. The zero-order valence-corrected chi connectivity index (χ0v) is 10.5. The minimum atomic E-state index is -0.106. The van der Waals surface area contributed by atoms with Gasteiger partial charge in [-0.2, -0.15) is 0 Å². The minimum absolute atomic E-state index is 0.106. The average Bonchev–Trinajstić information content (AvgIpc) is 2.43. The van der Waals surface area contributed by atoms with Crippen LogP contribution in [0.15, 0.2) is 42.5 Å². The van der Waals surface area contributed by atoms with Crippen LogP contribution in [0.2, 0.25) is 0 Å². The van der Waals surface area contributed by atoms with Crippen molar-refractivity contribution in [2.75, 3.05) is 18.6 Å². The maximum atomic E-state index is 10.3. The van der Waals surface area contributed by atoms with E-state index in [0.717, 1.165) is 0 Å². The zero-order chi connectivity index (χ0) is 14.3. The highest BCUT2D eigenvalue weighted by molar-refractivity contribution is 5.80. The second-order valence-corrected chi connectivity index (χ2v) is 3.64. The number of phenols is 1. The van der Waals surface area contributed by atoms with Crippen molar-refractivity contribution in [3.63, 3.8) is 0 Å². The molecule has 2 aromatic carbocycles. The molecule has 0 fully saturated rings. The predicted molar refractivity (Wildman–Crippen MR) is 75.3 cm³/mol. The molecule has 0 spiro atoms. The average molecular weight is 260 g/mol. The topological polar surface area (TPSA) is 98.6 Å². The number of carbonyl (C=O) groups is 1. The lowest BCUT2D eigenvalue weighted by molar-refractivity contribution is 0.112. The van der Waals surface area contributed by atoms with Crippen LogP contribution in [0.1, 0.15) is 10.4 Å². The predicted octanol–water partition coefficient (Wildman–Crippen LogP) is 2.06. The third-order valence-corrected chi connectivity index (χ3v) is 2.37. The number of hydrogen-bond acceptors (Lipinski definition) is 5. The molecule has 2 rings (SSSR count). The number of nitrogens with two attached hydrogens (primary N) is 2. The summed E-state index contributed by atoms with van der Waals surface area (Å²) in [5, 5.41) is 9.23. The van der Waals surface area contributed by atoms with E-state index in [1.165, 1.54) is 13.2 Å². The molecule has 0 aliphatic carbocycles. The molecule has 0 aromatic heterocycles. The molecule has 0 atom stereocenters. The van der Waals surface area contributed by atoms with Crippen LogP contribution in [0.4, 0.5) is 11.4 Å². The molecule has 100 valence electrons. The molecule has 5 nitrogen and oxygen atoms in total. The van der Waals surface area contributed by atoms with Crippen LogP contribution in [0.25, 0.3) is 0 Å². The summed E-state index contributed by atoms with van der Waals surface area (Å²) < 4.78 is 4.78. The van der Waals surface area contributed by atoms with Crippen LogP contribution in [-0.2, 0) is 0 Å². The highest BCUT2D eigenvalue weighted by Gasteiger charge is 2.04. The SMILES string of the molecule is COc1cccc(C=O)c1O.Nc1ccccc1N. The number of benzene rings is 2. The fourth-order valence-corrected chi connectivity index (χ4v) is 1.31. The Labute approximate surface area is 111 Å². The Morgan fingerprint density at radius 3 is 2.05 bits per heavy atom. The molecular formula is C14H16N2O3. The van der Waals surface area contributed by atoms with E-state index in [-0.39, 0.29) is 11.3 Å². The number of hydrogen-bond donors (Lipinski definition) is 3. The van der Waals surface area contributed by atoms with Gasteiger partial charge in [0.15, 0.2) is 17.8 Å². The Kier molecular flexibility index (Phi) is 5.22. The van der Waals surface area contributed by atoms with E-state index >= 15 is 0 Å². The monoisotopic (exact) mass is 260 g/mol. The van der Waals surface area contributed by atoms with E-state index in [1.807, 2.05) is 12.1 Å². The normalized spacial score (nSPS) is 9.11. The lowest BCUT2D eigenvalue weighted by Gasteiger charge is -2.02. The van der Waals surface area contributed by atoms with Crippen molar-refractivity contribution in [1.29, 1.82) is 0 Å². The summed E-state index contributed by atoms with van der Waals surface area (Å²) in [5.74, 6) is 0.208. The fraction of sp³-hybridized carbons (Fsp3) is 0.0714. The van der Waals surface area contributed by atoms with Crippen molar-refractivity contribution in [2.45, 2.75) is 0 Å². The van der Waals surface area contributed by atoms with Gasteiger partial charge in [-0.15, -0.1) is 0 Å². The lowest BCUT2D eigenvalue weighted by Crippen LogP contribution is -1.91.